The van der Waals surface area contributed by atoms with E-state index in [4.69, 9.17) is 10.5 Å². The predicted molar refractivity (Wildman–Crippen MR) is 52.5 cm³/mol. The second-order valence-corrected chi connectivity index (χ2v) is 3.15. The first-order chi connectivity index (χ1) is 7.81. The van der Waals surface area contributed by atoms with Gasteiger partial charge in [0.05, 0.1) is 17.6 Å². The molecule has 1 rings (SSSR count). The van der Waals surface area contributed by atoms with Crippen LogP contribution in [-0.4, -0.2) is 12.0 Å². The van der Waals surface area contributed by atoms with E-state index in [-0.39, 0.29) is 17.9 Å². The van der Waals surface area contributed by atoms with Crippen LogP contribution in [0.4, 0.5) is 18.9 Å². The van der Waals surface area contributed by atoms with E-state index < -0.39 is 22.4 Å². The van der Waals surface area contributed by atoms with Crippen molar-refractivity contribution < 1.29 is 22.8 Å². The minimum absolute atomic E-state index is 0.0611. The second kappa shape index (κ2) is 4.58. The zero-order chi connectivity index (χ0) is 13.2. The Balaban J connectivity index is 3.51. The zero-order valence-corrected chi connectivity index (χ0v) is 8.75. The molecule has 0 aliphatic heterocycles. The molecule has 0 bridgehead atoms. The summed E-state index contributed by atoms with van der Waals surface area (Å²) < 4.78 is 42.1. The third-order valence-corrected chi connectivity index (χ3v) is 2.09. The summed E-state index contributed by atoms with van der Waals surface area (Å²) in [5, 5.41) is 10.6. The average molecular weight is 250 g/mol. The van der Waals surface area contributed by atoms with E-state index in [0.717, 1.165) is 13.2 Å². The van der Waals surface area contributed by atoms with Gasteiger partial charge in [-0.1, -0.05) is 0 Å². The number of alkyl halides is 3. The zero-order valence-electron chi connectivity index (χ0n) is 8.75. The molecule has 1 aromatic carbocycles. The summed E-state index contributed by atoms with van der Waals surface area (Å²) >= 11 is 0. The summed E-state index contributed by atoms with van der Waals surface area (Å²) in [7, 11) is 1.13. The summed E-state index contributed by atoms with van der Waals surface area (Å²) in [6.45, 7) is -0.284. The molecule has 0 fully saturated rings. The Kier molecular flexibility index (Phi) is 3.56. The molecule has 0 saturated carbocycles. The number of benzene rings is 1. The first-order valence-corrected chi connectivity index (χ1v) is 4.43. The lowest BCUT2D eigenvalue weighted by atomic mass is 10.1. The Bertz CT molecular complexity index is 446. The number of ether oxygens (including phenoxy) is 1. The van der Waals surface area contributed by atoms with Gasteiger partial charge in [-0.2, -0.15) is 13.2 Å². The van der Waals surface area contributed by atoms with E-state index in [1.165, 1.54) is 0 Å². The second-order valence-electron chi connectivity index (χ2n) is 3.15. The van der Waals surface area contributed by atoms with Crippen LogP contribution in [0.1, 0.15) is 11.1 Å². The first-order valence-electron chi connectivity index (χ1n) is 4.43. The summed E-state index contributed by atoms with van der Waals surface area (Å²) in [4.78, 5) is 9.71. The van der Waals surface area contributed by atoms with Gasteiger partial charge in [-0.05, 0) is 6.07 Å². The van der Waals surface area contributed by atoms with Gasteiger partial charge in [-0.25, -0.2) is 0 Å². The number of hydrogen-bond donors (Lipinski definition) is 1. The van der Waals surface area contributed by atoms with Gasteiger partial charge in [0.25, 0.3) is 0 Å². The highest BCUT2D eigenvalue weighted by Gasteiger charge is 2.34. The third-order valence-electron chi connectivity index (χ3n) is 2.09. The molecule has 0 aliphatic carbocycles. The average Bonchev–Trinajstić information content (AvgIpc) is 2.25. The summed E-state index contributed by atoms with van der Waals surface area (Å²) in [6, 6.07) is 1.17. The molecule has 0 atom stereocenters. The minimum atomic E-state index is -4.67. The molecule has 2 N–H and O–H groups in total. The highest BCUT2D eigenvalue weighted by atomic mass is 19.4. The Morgan fingerprint density at radius 2 is 2.06 bits per heavy atom. The molecule has 0 unspecified atom stereocenters. The first kappa shape index (κ1) is 13.2. The number of halogens is 3. The number of rotatable bonds is 3. The number of nitrogens with zero attached hydrogens (tertiary/aromatic N) is 1. The van der Waals surface area contributed by atoms with Crippen molar-refractivity contribution in [2.45, 2.75) is 12.7 Å². The van der Waals surface area contributed by atoms with Crippen LogP contribution >= 0.6 is 0 Å². The van der Waals surface area contributed by atoms with Crippen molar-refractivity contribution in [1.29, 1.82) is 0 Å². The van der Waals surface area contributed by atoms with Gasteiger partial charge >= 0.3 is 11.9 Å². The molecule has 0 amide bonds. The lowest BCUT2D eigenvalue weighted by Gasteiger charge is -2.12. The molecule has 0 heterocycles. The summed E-state index contributed by atoms with van der Waals surface area (Å²) in [6.07, 6.45) is -4.67. The smallest absolute Gasteiger partial charge is 0.416 e. The summed E-state index contributed by atoms with van der Waals surface area (Å²) in [5.74, 6) is -0.245. The SMILES string of the molecule is COc1c(CN)cc(C(F)(F)F)cc1[N+](=O)[O-]. The Labute approximate surface area is 94.1 Å². The minimum Gasteiger partial charge on any atom is -0.490 e. The highest BCUT2D eigenvalue weighted by Crippen LogP contribution is 2.38. The molecule has 5 nitrogen and oxygen atoms in total. The maximum Gasteiger partial charge on any atom is 0.416 e. The fraction of sp³-hybridized carbons (Fsp3) is 0.333. The molecule has 0 spiro atoms. The molecule has 0 saturated heterocycles. The number of hydrogen-bond acceptors (Lipinski definition) is 4. The van der Waals surface area contributed by atoms with E-state index in [0.29, 0.717) is 6.07 Å². The van der Waals surface area contributed by atoms with Crippen LogP contribution in [0.15, 0.2) is 12.1 Å². The van der Waals surface area contributed by atoms with Gasteiger partial charge in [-0.3, -0.25) is 10.1 Å². The highest BCUT2D eigenvalue weighted by molar-refractivity contribution is 5.54. The van der Waals surface area contributed by atoms with Crippen LogP contribution in [0, 0.1) is 10.1 Å². The van der Waals surface area contributed by atoms with Gasteiger partial charge in [-0.15, -0.1) is 0 Å². The lowest BCUT2D eigenvalue weighted by molar-refractivity contribution is -0.386. The van der Waals surface area contributed by atoms with Gasteiger partial charge in [0, 0.05) is 18.2 Å². The number of methoxy groups -OCH3 is 1. The van der Waals surface area contributed by atoms with Crippen molar-refractivity contribution in [1.82, 2.24) is 0 Å². The molecule has 0 aliphatic rings. The molecular weight excluding hydrogens is 241 g/mol. The van der Waals surface area contributed by atoms with Crippen LogP contribution in [0.5, 0.6) is 5.75 Å². The van der Waals surface area contributed by atoms with Crippen LogP contribution < -0.4 is 10.5 Å². The lowest BCUT2D eigenvalue weighted by Crippen LogP contribution is -2.10. The topological polar surface area (TPSA) is 78.4 Å². The van der Waals surface area contributed by atoms with Crippen LogP contribution in [0.3, 0.4) is 0 Å². The van der Waals surface area contributed by atoms with Gasteiger partial charge in [0.15, 0.2) is 0 Å². The predicted octanol–water partition coefficient (Wildman–Crippen LogP) is 2.08. The standard InChI is InChI=1S/C9H9F3N2O3/c1-17-8-5(4-13)2-6(9(10,11)12)3-7(8)14(15)16/h2-3H,4,13H2,1H3. The van der Waals surface area contributed by atoms with Gasteiger partial charge in [0.2, 0.25) is 5.75 Å². The fourth-order valence-electron chi connectivity index (χ4n) is 1.36. The van der Waals surface area contributed by atoms with E-state index in [1.807, 2.05) is 0 Å². The number of nitrogens with two attached hydrogens (primary N) is 1. The summed E-state index contributed by atoms with van der Waals surface area (Å²) in [5.41, 5.74) is 3.31. The van der Waals surface area contributed by atoms with Crippen molar-refractivity contribution in [2.75, 3.05) is 7.11 Å². The van der Waals surface area contributed by atoms with Crippen LogP contribution in [0.2, 0.25) is 0 Å². The molecular formula is C9H9F3N2O3. The van der Waals surface area contributed by atoms with E-state index in [2.05, 4.69) is 0 Å². The van der Waals surface area contributed by atoms with Gasteiger partial charge < -0.3 is 10.5 Å². The van der Waals surface area contributed by atoms with Gasteiger partial charge in [0.1, 0.15) is 0 Å². The van der Waals surface area contributed by atoms with Crippen molar-refractivity contribution in [3.8, 4) is 5.75 Å². The van der Waals surface area contributed by atoms with Crippen LogP contribution in [-0.2, 0) is 12.7 Å². The Morgan fingerprint density at radius 1 is 1.47 bits per heavy atom. The third kappa shape index (κ3) is 2.64. The largest absolute Gasteiger partial charge is 0.490 e. The maximum atomic E-state index is 12.5. The van der Waals surface area contributed by atoms with Crippen molar-refractivity contribution in [2.24, 2.45) is 5.73 Å². The monoisotopic (exact) mass is 250 g/mol. The fourth-order valence-corrected chi connectivity index (χ4v) is 1.36. The molecule has 0 aromatic heterocycles. The number of nitro groups is 1. The van der Waals surface area contributed by atoms with Crippen molar-refractivity contribution in [3.05, 3.63) is 33.4 Å². The number of nitro benzene ring substituents is 1. The molecule has 17 heavy (non-hydrogen) atoms. The van der Waals surface area contributed by atoms with E-state index >= 15 is 0 Å². The maximum absolute atomic E-state index is 12.5. The van der Waals surface area contributed by atoms with E-state index in [9.17, 15) is 23.3 Å². The molecule has 0 radical (unpaired) electrons. The van der Waals surface area contributed by atoms with E-state index in [1.54, 1.807) is 0 Å². The Hall–Kier alpha value is -1.83. The normalized spacial score (nSPS) is 11.4. The molecule has 1 aromatic rings. The Morgan fingerprint density at radius 3 is 2.41 bits per heavy atom. The van der Waals surface area contributed by atoms with Crippen LogP contribution in [0.25, 0.3) is 0 Å². The van der Waals surface area contributed by atoms with Crippen molar-refractivity contribution in [3.63, 3.8) is 0 Å². The molecule has 8 heteroatoms. The van der Waals surface area contributed by atoms with Crippen molar-refractivity contribution >= 4 is 5.69 Å². The quantitative estimate of drug-likeness (QED) is 0.658. The molecule has 94 valence electrons.